The summed E-state index contributed by atoms with van der Waals surface area (Å²) in [5.74, 6) is -0.335. The Balaban J connectivity index is 1.44. The fourth-order valence-corrected chi connectivity index (χ4v) is 6.30. The fourth-order valence-electron chi connectivity index (χ4n) is 6.16. The molecule has 1 amide bonds. The van der Waals surface area contributed by atoms with Crippen molar-refractivity contribution < 1.29 is 23.0 Å². The molecule has 3 aliphatic heterocycles. The summed E-state index contributed by atoms with van der Waals surface area (Å²) in [5, 5.41) is 0.0905. The molecule has 0 unspecified atom stereocenters. The van der Waals surface area contributed by atoms with Gasteiger partial charge < -0.3 is 19.3 Å². The van der Waals surface area contributed by atoms with Gasteiger partial charge in [0.05, 0.1) is 23.0 Å². The van der Waals surface area contributed by atoms with Gasteiger partial charge in [0.2, 0.25) is 0 Å². The van der Waals surface area contributed by atoms with Gasteiger partial charge in [-0.1, -0.05) is 11.6 Å². The van der Waals surface area contributed by atoms with Gasteiger partial charge in [0.1, 0.15) is 29.7 Å². The quantitative estimate of drug-likeness (QED) is 0.497. The normalized spacial score (nSPS) is 27.7. The van der Waals surface area contributed by atoms with Crippen molar-refractivity contribution in [2.45, 2.75) is 82.8 Å². The maximum Gasteiger partial charge on any atom is 0.410 e. The summed E-state index contributed by atoms with van der Waals surface area (Å²) in [4.78, 5) is 31.5. The number of rotatable bonds is 5. The molecule has 0 N–H and O–H groups in total. The van der Waals surface area contributed by atoms with Gasteiger partial charge in [0.15, 0.2) is 11.0 Å². The van der Waals surface area contributed by atoms with E-state index >= 15 is 4.39 Å². The number of aromatic nitrogens is 3. The van der Waals surface area contributed by atoms with E-state index in [-0.39, 0.29) is 41.5 Å². The Hall–Kier alpha value is -2.53. The average molecular weight is 553 g/mol. The molecular weight excluding hydrogens is 518 g/mol. The number of alkyl halides is 1. The lowest BCUT2D eigenvalue weighted by atomic mass is 9.95. The number of fused-ring (bicyclic) bond motifs is 2. The minimum Gasteiger partial charge on any atom is -0.461 e. The molecule has 3 aliphatic rings. The van der Waals surface area contributed by atoms with Crippen LogP contribution in [0.4, 0.5) is 19.4 Å². The Bertz CT molecular complexity index is 1230. The van der Waals surface area contributed by atoms with Crippen molar-refractivity contribution in [1.82, 2.24) is 24.8 Å². The number of pyridine rings is 1. The van der Waals surface area contributed by atoms with Gasteiger partial charge in [-0.15, -0.1) is 0 Å². The first-order valence-electron chi connectivity index (χ1n) is 13.1. The number of amides is 1. The Kier molecular flexibility index (Phi) is 7.04. The molecule has 2 aromatic heterocycles. The van der Waals surface area contributed by atoms with E-state index in [9.17, 15) is 9.18 Å². The number of carbonyl (C=O) groups excluding carboxylic acids is 1. The summed E-state index contributed by atoms with van der Waals surface area (Å²) in [6.07, 6.45) is 3.06. The predicted octanol–water partition coefficient (Wildman–Crippen LogP) is 4.61. The predicted molar refractivity (Wildman–Crippen MR) is 140 cm³/mol. The maximum absolute atomic E-state index is 15.1. The molecule has 5 rings (SSSR count). The number of likely N-dealkylation sites (tertiary alicyclic amines) is 1. The lowest BCUT2D eigenvalue weighted by Gasteiger charge is -2.33. The van der Waals surface area contributed by atoms with Crippen LogP contribution in [0.5, 0.6) is 6.01 Å². The first-order chi connectivity index (χ1) is 17.9. The molecule has 0 aromatic carbocycles. The molecule has 38 heavy (non-hydrogen) atoms. The topological polar surface area (TPSA) is 83.9 Å². The SMILES string of the molecule is C[C@H]1[C@@H](N(C)c2nc(OC[C@@]34CCCN3C[C@H](F)C4)nc3c(F)c(Cl)ncc23)CCN1C(=O)OC(C)(C)C. The molecule has 0 aliphatic carbocycles. The van der Waals surface area contributed by atoms with Crippen molar-refractivity contribution in [2.75, 3.05) is 38.2 Å². The maximum atomic E-state index is 15.1. The van der Waals surface area contributed by atoms with Gasteiger partial charge in [-0.3, -0.25) is 4.90 Å². The summed E-state index contributed by atoms with van der Waals surface area (Å²) >= 11 is 5.99. The summed E-state index contributed by atoms with van der Waals surface area (Å²) in [7, 11) is 1.85. The molecule has 3 saturated heterocycles. The summed E-state index contributed by atoms with van der Waals surface area (Å²) in [5.41, 5.74) is -0.998. The van der Waals surface area contributed by atoms with E-state index in [4.69, 9.17) is 21.1 Å². The molecule has 12 heteroatoms. The molecule has 4 atom stereocenters. The van der Waals surface area contributed by atoms with E-state index < -0.39 is 23.1 Å². The van der Waals surface area contributed by atoms with Crippen LogP contribution in [0.2, 0.25) is 5.15 Å². The van der Waals surface area contributed by atoms with E-state index in [0.29, 0.717) is 37.1 Å². The number of hydrogen-bond donors (Lipinski definition) is 0. The zero-order valence-electron chi connectivity index (χ0n) is 22.5. The second-order valence-electron chi connectivity index (χ2n) is 11.7. The van der Waals surface area contributed by atoms with Crippen molar-refractivity contribution in [1.29, 1.82) is 0 Å². The number of hydrogen-bond acceptors (Lipinski definition) is 8. The molecular formula is C26H35ClF2N6O3. The highest BCUT2D eigenvalue weighted by Crippen LogP contribution is 2.41. The third kappa shape index (κ3) is 4.95. The van der Waals surface area contributed by atoms with Crippen LogP contribution in [0.1, 0.15) is 53.4 Å². The third-order valence-electron chi connectivity index (χ3n) is 8.01. The van der Waals surface area contributed by atoms with Crippen LogP contribution in [-0.4, -0.2) is 93.5 Å². The summed E-state index contributed by atoms with van der Waals surface area (Å²) < 4.78 is 41.0. The van der Waals surface area contributed by atoms with E-state index in [2.05, 4.69) is 19.9 Å². The van der Waals surface area contributed by atoms with Crippen molar-refractivity contribution in [3.63, 3.8) is 0 Å². The molecule has 2 aromatic rings. The van der Waals surface area contributed by atoms with Gasteiger partial charge in [-0.05, 0) is 53.5 Å². The lowest BCUT2D eigenvalue weighted by molar-refractivity contribution is 0.0233. The highest BCUT2D eigenvalue weighted by atomic mass is 35.5. The smallest absolute Gasteiger partial charge is 0.410 e. The number of ether oxygens (including phenoxy) is 2. The van der Waals surface area contributed by atoms with Crippen LogP contribution < -0.4 is 9.64 Å². The zero-order valence-corrected chi connectivity index (χ0v) is 23.3. The number of likely N-dealkylation sites (N-methyl/N-ethyl adjacent to an activating group) is 1. The first-order valence-corrected chi connectivity index (χ1v) is 13.5. The Morgan fingerprint density at radius 2 is 2.08 bits per heavy atom. The van der Waals surface area contributed by atoms with Gasteiger partial charge >= 0.3 is 12.1 Å². The highest BCUT2D eigenvalue weighted by Gasteiger charge is 2.49. The van der Waals surface area contributed by atoms with Crippen molar-refractivity contribution >= 4 is 34.4 Å². The largest absolute Gasteiger partial charge is 0.461 e. The van der Waals surface area contributed by atoms with Crippen LogP contribution in [-0.2, 0) is 4.74 Å². The van der Waals surface area contributed by atoms with E-state index in [1.165, 1.54) is 6.20 Å². The van der Waals surface area contributed by atoms with Crippen LogP contribution in [0.25, 0.3) is 10.9 Å². The Morgan fingerprint density at radius 3 is 2.82 bits per heavy atom. The molecule has 0 radical (unpaired) electrons. The standard InChI is InChI=1S/C26H35ClF2N6O3/c1-15-18(7-10-35(15)24(36)38-25(2,3)4)33(5)22-17-12-30-21(27)19(29)20(17)31-23(32-22)37-14-26-8-6-9-34(26)13-16(28)11-26/h12,15-16,18H,6-11,13-14H2,1-5H3/t15-,16+,18-,26-/m0/s1. The number of nitrogens with zero attached hydrogens (tertiary/aromatic N) is 6. The molecule has 208 valence electrons. The van der Waals surface area contributed by atoms with Gasteiger partial charge in [0.25, 0.3) is 0 Å². The van der Waals surface area contributed by atoms with Crippen LogP contribution in [0, 0.1) is 5.82 Å². The van der Waals surface area contributed by atoms with Crippen LogP contribution in [0.15, 0.2) is 6.20 Å². The molecule has 3 fully saturated rings. The van der Waals surface area contributed by atoms with E-state index in [1.807, 2.05) is 39.6 Å². The first kappa shape index (κ1) is 27.1. The summed E-state index contributed by atoms with van der Waals surface area (Å²) in [6, 6.07) is -0.322. The van der Waals surface area contributed by atoms with E-state index in [1.54, 1.807) is 4.90 Å². The minimum atomic E-state index is -0.891. The number of halogens is 3. The molecule has 0 saturated carbocycles. The van der Waals surface area contributed by atoms with Crippen molar-refractivity contribution in [2.24, 2.45) is 0 Å². The van der Waals surface area contributed by atoms with Crippen LogP contribution in [0.3, 0.4) is 0 Å². The second kappa shape index (κ2) is 9.89. The van der Waals surface area contributed by atoms with Gasteiger partial charge in [-0.2, -0.15) is 9.97 Å². The summed E-state index contributed by atoms with van der Waals surface area (Å²) in [6.45, 7) is 9.42. The lowest BCUT2D eigenvalue weighted by Crippen LogP contribution is -2.45. The third-order valence-corrected chi connectivity index (χ3v) is 8.27. The Labute approximate surface area is 226 Å². The van der Waals surface area contributed by atoms with Gasteiger partial charge in [0, 0.05) is 32.8 Å². The molecule has 0 spiro atoms. The molecule has 9 nitrogen and oxygen atoms in total. The van der Waals surface area contributed by atoms with Crippen molar-refractivity contribution in [3.8, 4) is 6.01 Å². The van der Waals surface area contributed by atoms with Crippen molar-refractivity contribution in [3.05, 3.63) is 17.2 Å². The fraction of sp³-hybridized carbons (Fsp3) is 0.692. The van der Waals surface area contributed by atoms with Crippen LogP contribution >= 0.6 is 11.6 Å². The molecule has 0 bridgehead atoms. The number of carbonyl (C=O) groups is 1. The second-order valence-corrected chi connectivity index (χ2v) is 12.1. The average Bonchev–Trinajstić information content (AvgIpc) is 3.50. The monoisotopic (exact) mass is 552 g/mol. The minimum absolute atomic E-state index is 0.00121. The Morgan fingerprint density at radius 1 is 1.32 bits per heavy atom. The molecule has 5 heterocycles. The highest BCUT2D eigenvalue weighted by molar-refractivity contribution is 6.30. The number of anilines is 1. The van der Waals surface area contributed by atoms with E-state index in [0.717, 1.165) is 19.4 Å². The van der Waals surface area contributed by atoms with Gasteiger partial charge in [-0.25, -0.2) is 18.6 Å². The zero-order chi connectivity index (χ0) is 27.4.